The van der Waals surface area contributed by atoms with Crippen molar-refractivity contribution in [1.29, 1.82) is 0 Å². The molecule has 2 nitrogen and oxygen atoms in total. The lowest BCUT2D eigenvalue weighted by atomic mass is 9.86. The summed E-state index contributed by atoms with van der Waals surface area (Å²) < 4.78 is 1.12. The average molecular weight is 298 g/mol. The van der Waals surface area contributed by atoms with Gasteiger partial charge in [-0.05, 0) is 50.8 Å². The van der Waals surface area contributed by atoms with Crippen molar-refractivity contribution in [3.8, 4) is 0 Å². The van der Waals surface area contributed by atoms with Crippen LogP contribution in [-0.2, 0) is 0 Å². The number of aliphatic hydroxyl groups is 1. The Bertz CT molecular complexity index is 392. The molecule has 1 aromatic rings. The van der Waals surface area contributed by atoms with Crippen LogP contribution in [0.4, 0.5) is 5.69 Å². The van der Waals surface area contributed by atoms with E-state index in [1.807, 2.05) is 0 Å². The third-order valence-electron chi connectivity index (χ3n) is 3.99. The Morgan fingerprint density at radius 3 is 2.88 bits per heavy atom. The fourth-order valence-electron chi connectivity index (χ4n) is 2.91. The molecule has 0 bridgehead atoms. The van der Waals surface area contributed by atoms with Crippen LogP contribution in [0.1, 0.15) is 26.7 Å². The number of benzene rings is 1. The highest BCUT2D eigenvalue weighted by Gasteiger charge is 2.40. The summed E-state index contributed by atoms with van der Waals surface area (Å²) in [6.45, 7) is 5.93. The standard InChI is InChI=1S/C14H20BrNO/c1-14(2)11(7-9-17)6-8-16(14)13-5-3-4-12(15)10-13/h3-5,10-11,17H,6-9H2,1-2H3. The fraction of sp³-hybridized carbons (Fsp3) is 0.571. The molecule has 0 aliphatic carbocycles. The number of aliphatic hydroxyl groups excluding tert-OH is 1. The quantitative estimate of drug-likeness (QED) is 0.924. The third-order valence-corrected chi connectivity index (χ3v) is 4.49. The van der Waals surface area contributed by atoms with E-state index in [-0.39, 0.29) is 5.54 Å². The molecule has 1 atom stereocenters. The highest BCUT2D eigenvalue weighted by atomic mass is 79.9. The van der Waals surface area contributed by atoms with Crippen LogP contribution < -0.4 is 4.90 Å². The van der Waals surface area contributed by atoms with Crippen LogP contribution in [-0.4, -0.2) is 23.8 Å². The smallest absolute Gasteiger partial charge is 0.0434 e. The highest BCUT2D eigenvalue weighted by molar-refractivity contribution is 9.10. The molecule has 1 aromatic carbocycles. The topological polar surface area (TPSA) is 23.5 Å². The zero-order chi connectivity index (χ0) is 12.5. The molecule has 1 aliphatic rings. The summed E-state index contributed by atoms with van der Waals surface area (Å²) in [5.41, 5.74) is 1.40. The molecule has 0 saturated carbocycles. The van der Waals surface area contributed by atoms with Crippen LogP contribution in [0.5, 0.6) is 0 Å². The molecule has 1 saturated heterocycles. The van der Waals surface area contributed by atoms with Crippen molar-refractivity contribution in [3.05, 3.63) is 28.7 Å². The lowest BCUT2D eigenvalue weighted by molar-refractivity contribution is 0.229. The van der Waals surface area contributed by atoms with Crippen LogP contribution in [0, 0.1) is 5.92 Å². The maximum absolute atomic E-state index is 9.13. The van der Waals surface area contributed by atoms with Gasteiger partial charge in [0.25, 0.3) is 0 Å². The first-order chi connectivity index (χ1) is 8.05. The molecular weight excluding hydrogens is 278 g/mol. The third kappa shape index (κ3) is 2.50. The molecule has 0 spiro atoms. The van der Waals surface area contributed by atoms with Gasteiger partial charge in [-0.1, -0.05) is 22.0 Å². The maximum Gasteiger partial charge on any atom is 0.0434 e. The average Bonchev–Trinajstić information content (AvgIpc) is 2.55. The van der Waals surface area contributed by atoms with Crippen molar-refractivity contribution in [3.63, 3.8) is 0 Å². The van der Waals surface area contributed by atoms with E-state index in [0.29, 0.717) is 12.5 Å². The lowest BCUT2D eigenvalue weighted by Crippen LogP contribution is -2.42. The first-order valence-electron chi connectivity index (χ1n) is 6.20. The van der Waals surface area contributed by atoms with Crippen molar-refractivity contribution >= 4 is 21.6 Å². The largest absolute Gasteiger partial charge is 0.396 e. The summed E-state index contributed by atoms with van der Waals surface area (Å²) in [4.78, 5) is 2.46. The maximum atomic E-state index is 9.13. The molecule has 0 amide bonds. The SMILES string of the molecule is CC1(C)C(CCO)CCN1c1cccc(Br)c1. The van der Waals surface area contributed by atoms with E-state index in [0.717, 1.165) is 17.4 Å². The first kappa shape index (κ1) is 12.9. The van der Waals surface area contributed by atoms with E-state index < -0.39 is 0 Å². The number of nitrogens with zero attached hydrogens (tertiary/aromatic N) is 1. The van der Waals surface area contributed by atoms with E-state index in [4.69, 9.17) is 5.11 Å². The molecule has 1 fully saturated rings. The summed E-state index contributed by atoms with van der Waals surface area (Å²) in [6, 6.07) is 8.46. The van der Waals surface area contributed by atoms with E-state index in [1.165, 1.54) is 12.1 Å². The minimum absolute atomic E-state index is 0.128. The summed E-state index contributed by atoms with van der Waals surface area (Å²) in [5.74, 6) is 0.575. The molecule has 3 heteroatoms. The van der Waals surface area contributed by atoms with Gasteiger partial charge < -0.3 is 10.0 Å². The normalized spacial score (nSPS) is 23.1. The van der Waals surface area contributed by atoms with E-state index in [2.05, 4.69) is 58.9 Å². The van der Waals surface area contributed by atoms with Gasteiger partial charge in [0, 0.05) is 28.9 Å². The molecule has 94 valence electrons. The van der Waals surface area contributed by atoms with Gasteiger partial charge in [0.15, 0.2) is 0 Å². The molecule has 1 heterocycles. The predicted octanol–water partition coefficient (Wildman–Crippen LogP) is 3.44. The molecule has 0 radical (unpaired) electrons. The van der Waals surface area contributed by atoms with Crippen molar-refractivity contribution in [1.82, 2.24) is 0 Å². The number of rotatable bonds is 3. The Morgan fingerprint density at radius 2 is 2.24 bits per heavy atom. The first-order valence-corrected chi connectivity index (χ1v) is 6.99. The minimum atomic E-state index is 0.128. The Morgan fingerprint density at radius 1 is 1.47 bits per heavy atom. The van der Waals surface area contributed by atoms with Crippen molar-refractivity contribution in [2.75, 3.05) is 18.1 Å². The van der Waals surface area contributed by atoms with Gasteiger partial charge in [0.1, 0.15) is 0 Å². The fourth-order valence-corrected chi connectivity index (χ4v) is 3.29. The summed E-state index contributed by atoms with van der Waals surface area (Å²) >= 11 is 3.53. The Hall–Kier alpha value is -0.540. The molecule has 1 N–H and O–H groups in total. The Balaban J connectivity index is 2.23. The summed E-state index contributed by atoms with van der Waals surface area (Å²) in [6.07, 6.45) is 2.07. The number of halogens is 1. The Labute approximate surface area is 112 Å². The Kier molecular flexibility index (Phi) is 3.79. The molecular formula is C14H20BrNO. The second-order valence-corrected chi connectivity index (χ2v) is 6.20. The van der Waals surface area contributed by atoms with Crippen LogP contribution in [0.25, 0.3) is 0 Å². The molecule has 1 aliphatic heterocycles. The van der Waals surface area contributed by atoms with Gasteiger partial charge in [0.05, 0.1) is 0 Å². The zero-order valence-electron chi connectivity index (χ0n) is 10.5. The second kappa shape index (κ2) is 4.99. The molecule has 1 unspecified atom stereocenters. The van der Waals surface area contributed by atoms with Crippen molar-refractivity contribution < 1.29 is 5.11 Å². The summed E-state index contributed by atoms with van der Waals surface area (Å²) in [7, 11) is 0. The number of hydrogen-bond donors (Lipinski definition) is 1. The molecule has 2 rings (SSSR count). The van der Waals surface area contributed by atoms with Crippen molar-refractivity contribution in [2.45, 2.75) is 32.2 Å². The van der Waals surface area contributed by atoms with Gasteiger partial charge in [-0.15, -0.1) is 0 Å². The van der Waals surface area contributed by atoms with Gasteiger partial charge in [0.2, 0.25) is 0 Å². The van der Waals surface area contributed by atoms with Crippen LogP contribution >= 0.6 is 15.9 Å². The van der Waals surface area contributed by atoms with E-state index in [9.17, 15) is 0 Å². The second-order valence-electron chi connectivity index (χ2n) is 5.28. The monoisotopic (exact) mass is 297 g/mol. The van der Waals surface area contributed by atoms with Crippen LogP contribution in [0.2, 0.25) is 0 Å². The zero-order valence-corrected chi connectivity index (χ0v) is 12.1. The number of hydrogen-bond acceptors (Lipinski definition) is 2. The van der Waals surface area contributed by atoms with Crippen molar-refractivity contribution in [2.24, 2.45) is 5.92 Å². The number of anilines is 1. The molecule has 17 heavy (non-hydrogen) atoms. The summed E-state index contributed by atoms with van der Waals surface area (Å²) in [5, 5.41) is 9.13. The predicted molar refractivity (Wildman–Crippen MR) is 75.4 cm³/mol. The lowest BCUT2D eigenvalue weighted by Gasteiger charge is -2.37. The molecule has 0 aromatic heterocycles. The van der Waals surface area contributed by atoms with E-state index >= 15 is 0 Å². The van der Waals surface area contributed by atoms with Gasteiger partial charge in [-0.3, -0.25) is 0 Å². The van der Waals surface area contributed by atoms with Crippen LogP contribution in [0.3, 0.4) is 0 Å². The van der Waals surface area contributed by atoms with E-state index in [1.54, 1.807) is 0 Å². The minimum Gasteiger partial charge on any atom is -0.396 e. The van der Waals surface area contributed by atoms with Gasteiger partial charge in [-0.2, -0.15) is 0 Å². The van der Waals surface area contributed by atoms with Crippen LogP contribution in [0.15, 0.2) is 28.7 Å². The highest BCUT2D eigenvalue weighted by Crippen LogP contribution is 2.40. The van der Waals surface area contributed by atoms with Gasteiger partial charge >= 0.3 is 0 Å². The van der Waals surface area contributed by atoms with Gasteiger partial charge in [-0.25, -0.2) is 0 Å².